The van der Waals surface area contributed by atoms with E-state index in [2.05, 4.69) is 12.2 Å². The van der Waals surface area contributed by atoms with Gasteiger partial charge in [0.25, 0.3) is 5.91 Å². The molecule has 0 unspecified atom stereocenters. The minimum atomic E-state index is -3.50. The van der Waals surface area contributed by atoms with Crippen LogP contribution in [0.5, 0.6) is 0 Å². The number of nitrogens with zero attached hydrogens (tertiary/aromatic N) is 1. The number of rotatable bonds is 7. The van der Waals surface area contributed by atoms with Crippen LogP contribution >= 0.6 is 11.6 Å². The lowest BCUT2D eigenvalue weighted by Gasteiger charge is -2.31. The monoisotopic (exact) mass is 388 g/mol. The highest BCUT2D eigenvalue weighted by Gasteiger charge is 2.31. The zero-order chi connectivity index (χ0) is 18.4. The molecule has 1 aromatic rings. The summed E-state index contributed by atoms with van der Waals surface area (Å²) in [7, 11) is -3.50. The third-order valence-corrected chi connectivity index (χ3v) is 6.59. The number of halogens is 1. The Morgan fingerprint density at radius 1 is 1.28 bits per heavy atom. The molecule has 0 aliphatic carbocycles. The zero-order valence-corrected chi connectivity index (χ0v) is 16.4. The zero-order valence-electron chi connectivity index (χ0n) is 14.8. The number of carbonyl (C=O) groups excluding carboxylic acids is 1. The maximum Gasteiger partial charge on any atom is 0.275 e. The Kier molecular flexibility index (Phi) is 7.25. The lowest BCUT2D eigenvalue weighted by atomic mass is 10.2. The minimum absolute atomic E-state index is 0.0324. The van der Waals surface area contributed by atoms with Crippen molar-refractivity contribution in [1.82, 2.24) is 9.62 Å². The summed E-state index contributed by atoms with van der Waals surface area (Å²) < 4.78 is 26.8. The average molecular weight is 389 g/mol. The van der Waals surface area contributed by atoms with E-state index in [-0.39, 0.29) is 16.8 Å². The van der Waals surface area contributed by atoms with Crippen LogP contribution < -0.4 is 10.2 Å². The van der Waals surface area contributed by atoms with Gasteiger partial charge in [-0.1, -0.05) is 24.9 Å². The molecule has 1 aliphatic heterocycles. The van der Waals surface area contributed by atoms with Crippen molar-refractivity contribution in [2.45, 2.75) is 37.6 Å². The van der Waals surface area contributed by atoms with Gasteiger partial charge < -0.3 is 10.2 Å². The first-order chi connectivity index (χ1) is 11.8. The first-order valence-corrected chi connectivity index (χ1v) is 10.5. The van der Waals surface area contributed by atoms with E-state index in [1.165, 1.54) is 16.4 Å². The van der Waals surface area contributed by atoms with Crippen molar-refractivity contribution in [3.8, 4) is 0 Å². The van der Waals surface area contributed by atoms with Crippen molar-refractivity contribution in [3.05, 3.63) is 29.3 Å². The van der Waals surface area contributed by atoms with Crippen LogP contribution in [0.25, 0.3) is 0 Å². The second-order valence-electron chi connectivity index (χ2n) is 6.54. The van der Waals surface area contributed by atoms with Crippen LogP contribution in [0.3, 0.4) is 0 Å². The van der Waals surface area contributed by atoms with Crippen molar-refractivity contribution >= 4 is 27.5 Å². The Hall–Kier alpha value is -1.15. The maximum atomic E-state index is 12.6. The number of piperazine rings is 1. The highest BCUT2D eigenvalue weighted by Crippen LogP contribution is 2.18. The van der Waals surface area contributed by atoms with E-state index >= 15 is 0 Å². The Morgan fingerprint density at radius 2 is 1.88 bits per heavy atom. The second kappa shape index (κ2) is 8.98. The van der Waals surface area contributed by atoms with Gasteiger partial charge in [0.05, 0.1) is 31.1 Å². The molecular formula is C17H27ClN3O3S+. The van der Waals surface area contributed by atoms with Gasteiger partial charge >= 0.3 is 0 Å². The number of carbonyl (C=O) groups is 1. The summed E-state index contributed by atoms with van der Waals surface area (Å²) in [5, 5.41) is 3.51. The van der Waals surface area contributed by atoms with Gasteiger partial charge in [-0.2, -0.15) is 4.31 Å². The quantitative estimate of drug-likeness (QED) is 0.716. The molecule has 0 radical (unpaired) electrons. The molecule has 1 heterocycles. The molecule has 1 amide bonds. The lowest BCUT2D eigenvalue weighted by molar-refractivity contribution is -0.895. The third kappa shape index (κ3) is 5.67. The number of quaternary nitrogens is 1. The molecule has 140 valence electrons. The Balaban J connectivity index is 1.86. The lowest BCUT2D eigenvalue weighted by Crippen LogP contribution is -3.15. The topological polar surface area (TPSA) is 70.9 Å². The number of benzene rings is 1. The molecular weight excluding hydrogens is 362 g/mol. The summed E-state index contributed by atoms with van der Waals surface area (Å²) in [6.45, 7) is 6.57. The number of nitrogens with one attached hydrogen (secondary N) is 2. The molecule has 1 aliphatic rings. The molecule has 0 aromatic heterocycles. The predicted molar refractivity (Wildman–Crippen MR) is 98.3 cm³/mol. The Labute approximate surface area is 155 Å². The van der Waals surface area contributed by atoms with E-state index in [1.807, 2.05) is 6.92 Å². The van der Waals surface area contributed by atoms with E-state index < -0.39 is 10.0 Å². The van der Waals surface area contributed by atoms with Gasteiger partial charge in [0.1, 0.15) is 0 Å². The molecule has 1 aromatic carbocycles. The van der Waals surface area contributed by atoms with E-state index in [0.717, 1.165) is 17.7 Å². The van der Waals surface area contributed by atoms with Gasteiger partial charge in [0, 0.05) is 11.1 Å². The molecule has 6 nitrogen and oxygen atoms in total. The van der Waals surface area contributed by atoms with Gasteiger partial charge in [-0.05, 0) is 37.6 Å². The molecule has 1 fully saturated rings. The minimum Gasteiger partial charge on any atom is -0.349 e. The van der Waals surface area contributed by atoms with Crippen LogP contribution in [0, 0.1) is 0 Å². The average Bonchev–Trinajstić information content (AvgIpc) is 2.55. The van der Waals surface area contributed by atoms with Crippen LogP contribution in [0.4, 0.5) is 0 Å². The summed E-state index contributed by atoms with van der Waals surface area (Å²) in [6.07, 6.45) is 2.00. The van der Waals surface area contributed by atoms with Crippen LogP contribution in [0.1, 0.15) is 26.7 Å². The van der Waals surface area contributed by atoms with E-state index in [1.54, 1.807) is 12.1 Å². The first kappa shape index (κ1) is 20.2. The summed E-state index contributed by atoms with van der Waals surface area (Å²) in [5.74, 6) is 0.0324. The fraction of sp³-hybridized carbons (Fsp3) is 0.588. The summed E-state index contributed by atoms with van der Waals surface area (Å²) in [4.78, 5) is 13.4. The normalized spacial score (nSPS) is 18.0. The number of hydrogen-bond donors (Lipinski definition) is 2. The van der Waals surface area contributed by atoms with Crippen molar-refractivity contribution in [2.24, 2.45) is 0 Å². The molecule has 0 spiro atoms. The van der Waals surface area contributed by atoms with Gasteiger partial charge in [-0.3, -0.25) is 4.79 Å². The van der Waals surface area contributed by atoms with Crippen LogP contribution in [-0.4, -0.2) is 57.4 Å². The van der Waals surface area contributed by atoms with E-state index in [4.69, 9.17) is 11.6 Å². The highest BCUT2D eigenvalue weighted by atomic mass is 35.5. The van der Waals surface area contributed by atoms with Crippen LogP contribution in [0.2, 0.25) is 5.02 Å². The smallest absolute Gasteiger partial charge is 0.275 e. The summed E-state index contributed by atoms with van der Waals surface area (Å²) >= 11 is 5.82. The van der Waals surface area contributed by atoms with E-state index in [9.17, 15) is 13.2 Å². The third-order valence-electron chi connectivity index (χ3n) is 4.42. The molecule has 2 N–H and O–H groups in total. The number of sulfonamides is 1. The SMILES string of the molecule is CCC[C@@H](C)NC(=O)C[NH+]1CCN(S(=O)(=O)c2ccc(Cl)cc2)CC1. The highest BCUT2D eigenvalue weighted by molar-refractivity contribution is 7.89. The molecule has 1 atom stereocenters. The van der Waals surface area contributed by atoms with Crippen molar-refractivity contribution in [2.75, 3.05) is 32.7 Å². The second-order valence-corrected chi connectivity index (χ2v) is 8.92. The summed E-state index contributed by atoms with van der Waals surface area (Å²) in [5.41, 5.74) is 0. The Morgan fingerprint density at radius 3 is 2.44 bits per heavy atom. The molecule has 0 saturated carbocycles. The maximum absolute atomic E-state index is 12.6. The Bertz CT molecular complexity index is 671. The predicted octanol–water partition coefficient (Wildman–Crippen LogP) is 0.534. The standard InChI is InChI=1S/C17H26ClN3O3S/c1-3-4-14(2)19-17(22)13-20-9-11-21(12-10-20)25(23,24)16-7-5-15(18)6-8-16/h5-8,14H,3-4,9-13H2,1-2H3,(H,19,22)/p+1/t14-/m1/s1. The van der Waals surface area contributed by atoms with Crippen molar-refractivity contribution < 1.29 is 18.1 Å². The van der Waals surface area contributed by atoms with Crippen molar-refractivity contribution in [3.63, 3.8) is 0 Å². The first-order valence-electron chi connectivity index (χ1n) is 8.71. The fourth-order valence-electron chi connectivity index (χ4n) is 3.03. The van der Waals surface area contributed by atoms with Crippen LogP contribution in [0.15, 0.2) is 29.2 Å². The van der Waals surface area contributed by atoms with E-state index in [0.29, 0.717) is 37.7 Å². The van der Waals surface area contributed by atoms with Crippen LogP contribution in [-0.2, 0) is 14.8 Å². The largest absolute Gasteiger partial charge is 0.349 e. The molecule has 25 heavy (non-hydrogen) atoms. The fourth-order valence-corrected chi connectivity index (χ4v) is 4.60. The van der Waals surface area contributed by atoms with Gasteiger partial charge in [0.2, 0.25) is 10.0 Å². The summed E-state index contributed by atoms with van der Waals surface area (Å²) in [6, 6.07) is 6.40. The van der Waals surface area contributed by atoms with Gasteiger partial charge in [-0.15, -0.1) is 0 Å². The van der Waals surface area contributed by atoms with Crippen molar-refractivity contribution in [1.29, 1.82) is 0 Å². The number of amides is 1. The number of hydrogen-bond acceptors (Lipinski definition) is 3. The molecule has 0 bridgehead atoms. The van der Waals surface area contributed by atoms with Gasteiger partial charge in [0.15, 0.2) is 6.54 Å². The molecule has 2 rings (SSSR count). The molecule has 1 saturated heterocycles. The molecule has 8 heteroatoms. The van der Waals surface area contributed by atoms with Gasteiger partial charge in [-0.25, -0.2) is 8.42 Å².